The van der Waals surface area contributed by atoms with Gasteiger partial charge in [0.25, 0.3) is 0 Å². The van der Waals surface area contributed by atoms with Crippen molar-refractivity contribution in [3.63, 3.8) is 0 Å². The number of rotatable bonds is 5. The third-order valence-electron chi connectivity index (χ3n) is 3.44. The second-order valence-electron chi connectivity index (χ2n) is 5.27. The van der Waals surface area contributed by atoms with Crippen molar-refractivity contribution in [1.82, 2.24) is 9.78 Å². The summed E-state index contributed by atoms with van der Waals surface area (Å²) in [5, 5.41) is 4.36. The summed E-state index contributed by atoms with van der Waals surface area (Å²) in [7, 11) is 1.66. The summed E-state index contributed by atoms with van der Waals surface area (Å²) in [5.74, 6) is 1.71. The Balaban J connectivity index is 3.13. The van der Waals surface area contributed by atoms with Gasteiger partial charge in [0.05, 0.1) is 25.0 Å². The standard InChI is InChI=1S/C13H25N3O/c1-8(2)10(5)12(14)13-11(17-6)7-15-16(13)9(3)4/h7-10,12H,14H2,1-6H3. The van der Waals surface area contributed by atoms with Gasteiger partial charge in [-0.25, -0.2) is 0 Å². The Labute approximate surface area is 104 Å². The maximum Gasteiger partial charge on any atom is 0.161 e. The summed E-state index contributed by atoms with van der Waals surface area (Å²) < 4.78 is 7.32. The van der Waals surface area contributed by atoms with E-state index in [0.717, 1.165) is 11.4 Å². The molecule has 4 heteroatoms. The van der Waals surface area contributed by atoms with Crippen LogP contribution in [-0.4, -0.2) is 16.9 Å². The van der Waals surface area contributed by atoms with Gasteiger partial charge in [-0.05, 0) is 25.7 Å². The summed E-state index contributed by atoms with van der Waals surface area (Å²) in [6, 6.07) is 0.245. The summed E-state index contributed by atoms with van der Waals surface area (Å²) in [6.45, 7) is 10.7. The van der Waals surface area contributed by atoms with Crippen molar-refractivity contribution in [1.29, 1.82) is 0 Å². The van der Waals surface area contributed by atoms with Crippen LogP contribution in [0.4, 0.5) is 0 Å². The molecule has 17 heavy (non-hydrogen) atoms. The lowest BCUT2D eigenvalue weighted by Gasteiger charge is -2.25. The van der Waals surface area contributed by atoms with Gasteiger partial charge in [0.2, 0.25) is 0 Å². The average Bonchev–Trinajstić information content (AvgIpc) is 2.70. The van der Waals surface area contributed by atoms with Gasteiger partial charge in [0.1, 0.15) is 0 Å². The van der Waals surface area contributed by atoms with Gasteiger partial charge in [0, 0.05) is 6.04 Å². The van der Waals surface area contributed by atoms with Crippen LogP contribution in [0.3, 0.4) is 0 Å². The molecule has 0 amide bonds. The maximum absolute atomic E-state index is 6.36. The van der Waals surface area contributed by atoms with Gasteiger partial charge < -0.3 is 10.5 Å². The van der Waals surface area contributed by atoms with Gasteiger partial charge in [-0.3, -0.25) is 4.68 Å². The van der Waals surface area contributed by atoms with E-state index in [-0.39, 0.29) is 6.04 Å². The van der Waals surface area contributed by atoms with E-state index in [1.807, 2.05) is 4.68 Å². The fourth-order valence-corrected chi connectivity index (χ4v) is 1.91. The van der Waals surface area contributed by atoms with Crippen molar-refractivity contribution in [2.45, 2.75) is 46.7 Å². The normalized spacial score (nSPS) is 15.4. The highest BCUT2D eigenvalue weighted by Gasteiger charge is 2.26. The number of aromatic nitrogens is 2. The van der Waals surface area contributed by atoms with Crippen LogP contribution in [-0.2, 0) is 0 Å². The van der Waals surface area contributed by atoms with Crippen LogP contribution < -0.4 is 10.5 Å². The van der Waals surface area contributed by atoms with Crippen LogP contribution in [0.25, 0.3) is 0 Å². The molecule has 1 heterocycles. The van der Waals surface area contributed by atoms with E-state index in [0.29, 0.717) is 17.9 Å². The summed E-state index contributed by atoms with van der Waals surface area (Å²) in [6.07, 6.45) is 1.75. The average molecular weight is 239 g/mol. The van der Waals surface area contributed by atoms with Gasteiger partial charge in [-0.1, -0.05) is 20.8 Å². The van der Waals surface area contributed by atoms with Gasteiger partial charge in [-0.2, -0.15) is 5.10 Å². The van der Waals surface area contributed by atoms with Crippen molar-refractivity contribution >= 4 is 0 Å². The molecule has 1 rings (SSSR count). The summed E-state index contributed by atoms with van der Waals surface area (Å²) >= 11 is 0. The molecule has 1 aromatic rings. The Kier molecular flexibility index (Phi) is 4.57. The Bertz CT molecular complexity index is 358. The first-order valence-corrected chi connectivity index (χ1v) is 6.27. The predicted molar refractivity (Wildman–Crippen MR) is 70.1 cm³/mol. The fraction of sp³-hybridized carbons (Fsp3) is 0.769. The molecule has 4 nitrogen and oxygen atoms in total. The summed E-state index contributed by atoms with van der Waals surface area (Å²) in [5.41, 5.74) is 7.36. The lowest BCUT2D eigenvalue weighted by molar-refractivity contribution is 0.318. The van der Waals surface area contributed by atoms with Crippen molar-refractivity contribution < 1.29 is 4.74 Å². The van der Waals surface area contributed by atoms with E-state index in [1.54, 1.807) is 13.3 Å². The third-order valence-corrected chi connectivity index (χ3v) is 3.44. The molecule has 2 N–H and O–H groups in total. The third kappa shape index (κ3) is 2.80. The highest BCUT2D eigenvalue weighted by Crippen LogP contribution is 2.33. The summed E-state index contributed by atoms with van der Waals surface area (Å²) in [4.78, 5) is 0. The number of ether oxygens (including phenoxy) is 1. The zero-order chi connectivity index (χ0) is 13.2. The second-order valence-corrected chi connectivity index (χ2v) is 5.27. The van der Waals surface area contributed by atoms with E-state index < -0.39 is 0 Å². The monoisotopic (exact) mass is 239 g/mol. The number of hydrogen-bond donors (Lipinski definition) is 1. The van der Waals surface area contributed by atoms with Gasteiger partial charge in [-0.15, -0.1) is 0 Å². The van der Waals surface area contributed by atoms with Crippen LogP contribution >= 0.6 is 0 Å². The van der Waals surface area contributed by atoms with Crippen molar-refractivity contribution in [3.8, 4) is 5.75 Å². The Morgan fingerprint density at radius 1 is 1.24 bits per heavy atom. The van der Waals surface area contributed by atoms with Gasteiger partial charge >= 0.3 is 0 Å². The quantitative estimate of drug-likeness (QED) is 0.859. The fourth-order valence-electron chi connectivity index (χ4n) is 1.91. The molecule has 0 fully saturated rings. The molecule has 1 aromatic heterocycles. The Morgan fingerprint density at radius 3 is 2.24 bits per heavy atom. The Hall–Kier alpha value is -1.03. The molecule has 2 atom stereocenters. The molecule has 0 bridgehead atoms. The molecule has 0 spiro atoms. The van der Waals surface area contributed by atoms with Crippen molar-refractivity contribution in [2.75, 3.05) is 7.11 Å². The molecule has 98 valence electrons. The highest BCUT2D eigenvalue weighted by molar-refractivity contribution is 5.29. The smallest absolute Gasteiger partial charge is 0.161 e. The molecule has 0 saturated heterocycles. The van der Waals surface area contributed by atoms with E-state index in [4.69, 9.17) is 10.5 Å². The lowest BCUT2D eigenvalue weighted by Crippen LogP contribution is -2.27. The SMILES string of the molecule is COc1cnn(C(C)C)c1C(N)C(C)C(C)C. The molecular weight excluding hydrogens is 214 g/mol. The van der Waals surface area contributed by atoms with Crippen molar-refractivity contribution in [3.05, 3.63) is 11.9 Å². The van der Waals surface area contributed by atoms with E-state index in [9.17, 15) is 0 Å². The van der Waals surface area contributed by atoms with Crippen LogP contribution in [0.15, 0.2) is 6.20 Å². The molecule has 2 unspecified atom stereocenters. The minimum Gasteiger partial charge on any atom is -0.493 e. The second kappa shape index (κ2) is 5.54. The van der Waals surface area contributed by atoms with Crippen LogP contribution in [0.1, 0.15) is 52.4 Å². The van der Waals surface area contributed by atoms with Crippen LogP contribution in [0, 0.1) is 11.8 Å². The molecule has 0 radical (unpaired) electrons. The molecule has 0 saturated carbocycles. The molecular formula is C13H25N3O. The first-order chi connectivity index (χ1) is 7.90. The Morgan fingerprint density at radius 2 is 1.82 bits per heavy atom. The molecule has 0 aliphatic rings. The number of methoxy groups -OCH3 is 1. The predicted octanol–water partition coefficient (Wildman–Crippen LogP) is 2.76. The number of nitrogens with two attached hydrogens (primary N) is 1. The van der Waals surface area contributed by atoms with Crippen LogP contribution in [0.2, 0.25) is 0 Å². The maximum atomic E-state index is 6.36. The number of nitrogens with zero attached hydrogens (tertiary/aromatic N) is 2. The van der Waals surface area contributed by atoms with Crippen molar-refractivity contribution in [2.24, 2.45) is 17.6 Å². The zero-order valence-electron chi connectivity index (χ0n) is 11.8. The number of hydrogen-bond acceptors (Lipinski definition) is 3. The molecule has 0 aliphatic heterocycles. The van der Waals surface area contributed by atoms with Crippen LogP contribution in [0.5, 0.6) is 5.75 Å². The first-order valence-electron chi connectivity index (χ1n) is 6.27. The first kappa shape index (κ1) is 14.0. The molecule has 0 aromatic carbocycles. The zero-order valence-corrected chi connectivity index (χ0v) is 11.8. The minimum absolute atomic E-state index is 0.0464. The minimum atomic E-state index is -0.0464. The highest BCUT2D eigenvalue weighted by atomic mass is 16.5. The largest absolute Gasteiger partial charge is 0.493 e. The van der Waals surface area contributed by atoms with Gasteiger partial charge in [0.15, 0.2) is 5.75 Å². The van der Waals surface area contributed by atoms with E-state index in [1.165, 1.54) is 0 Å². The van der Waals surface area contributed by atoms with E-state index >= 15 is 0 Å². The molecule has 0 aliphatic carbocycles. The topological polar surface area (TPSA) is 53.1 Å². The lowest BCUT2D eigenvalue weighted by atomic mass is 9.88. The van der Waals surface area contributed by atoms with E-state index in [2.05, 4.69) is 39.7 Å².